The molecule has 2 heterocycles. The van der Waals surface area contributed by atoms with Gasteiger partial charge in [0.25, 0.3) is 5.91 Å². The predicted octanol–water partition coefficient (Wildman–Crippen LogP) is 3.86. The predicted molar refractivity (Wildman–Crippen MR) is 143 cm³/mol. The number of benzene rings is 1. The number of amides is 4. The summed E-state index contributed by atoms with van der Waals surface area (Å²) >= 11 is 0. The second-order valence-corrected chi connectivity index (χ2v) is 11.1. The normalized spacial score (nSPS) is 20.4. The molecule has 1 aromatic carbocycles. The molecule has 0 unspecified atom stereocenters. The second-order valence-electron chi connectivity index (χ2n) is 11.1. The molecule has 0 radical (unpaired) electrons. The Labute approximate surface area is 240 Å². The third kappa shape index (κ3) is 6.37. The molecule has 3 aliphatic rings. The second kappa shape index (κ2) is 11.9. The molecule has 1 aromatic heterocycles. The average molecular weight is 595 g/mol. The van der Waals surface area contributed by atoms with Gasteiger partial charge in [-0.05, 0) is 74.1 Å². The van der Waals surface area contributed by atoms with E-state index in [-0.39, 0.29) is 23.8 Å². The Balaban J connectivity index is 1.35. The third-order valence-corrected chi connectivity index (χ3v) is 8.20. The van der Waals surface area contributed by atoms with E-state index in [0.29, 0.717) is 24.1 Å². The van der Waals surface area contributed by atoms with Gasteiger partial charge in [0.15, 0.2) is 0 Å². The quantitative estimate of drug-likeness (QED) is 0.323. The van der Waals surface area contributed by atoms with Crippen LogP contribution in [0.15, 0.2) is 30.5 Å². The number of carbonyl (C=O) groups excluding carboxylic acids is 3. The summed E-state index contributed by atoms with van der Waals surface area (Å²) in [5.41, 5.74) is 0.373. The molecule has 1 saturated heterocycles. The van der Waals surface area contributed by atoms with Crippen molar-refractivity contribution in [1.82, 2.24) is 25.3 Å². The van der Waals surface area contributed by atoms with Crippen LogP contribution in [0.4, 0.5) is 28.0 Å². The van der Waals surface area contributed by atoms with Crippen LogP contribution in [0, 0.1) is 23.6 Å². The van der Waals surface area contributed by atoms with Gasteiger partial charge in [-0.15, -0.1) is 0 Å². The van der Waals surface area contributed by atoms with E-state index in [1.807, 2.05) is 12.2 Å². The summed E-state index contributed by atoms with van der Waals surface area (Å²) in [6, 6.07) is 0.492. The van der Waals surface area contributed by atoms with Gasteiger partial charge < -0.3 is 25.6 Å². The number of rotatable bonds is 12. The molecule has 10 nitrogen and oxygen atoms in total. The molecular formula is C28H34F4N6O4. The molecule has 4 amide bonds. The fourth-order valence-corrected chi connectivity index (χ4v) is 5.81. The van der Waals surface area contributed by atoms with E-state index in [1.54, 1.807) is 6.07 Å². The van der Waals surface area contributed by atoms with Crippen molar-refractivity contribution in [3.63, 3.8) is 0 Å². The molecule has 2 aromatic rings. The van der Waals surface area contributed by atoms with Gasteiger partial charge in [-0.1, -0.05) is 6.07 Å². The zero-order valence-corrected chi connectivity index (χ0v) is 23.3. The van der Waals surface area contributed by atoms with Crippen LogP contribution in [0.3, 0.4) is 0 Å². The zero-order chi connectivity index (χ0) is 30.2. The van der Waals surface area contributed by atoms with Crippen molar-refractivity contribution < 1.29 is 36.7 Å². The molecule has 3 N–H and O–H groups in total. The van der Waals surface area contributed by atoms with Gasteiger partial charge in [0.2, 0.25) is 5.91 Å². The minimum atomic E-state index is -4.64. The van der Waals surface area contributed by atoms with Crippen molar-refractivity contribution >= 4 is 23.5 Å². The number of nitrogens with one attached hydrogen (secondary N) is 3. The number of alkyl halides is 3. The lowest BCUT2D eigenvalue weighted by molar-refractivity contribution is -0.150. The number of hydrogen-bond donors (Lipinski definition) is 3. The van der Waals surface area contributed by atoms with E-state index in [9.17, 15) is 27.6 Å². The van der Waals surface area contributed by atoms with Crippen LogP contribution in [-0.2, 0) is 16.1 Å². The average Bonchev–Trinajstić information content (AvgIpc) is 3.87. The number of halogens is 4. The number of urea groups is 1. The minimum absolute atomic E-state index is 0.0874. The summed E-state index contributed by atoms with van der Waals surface area (Å²) in [6.07, 6.45) is 0.694. The molecule has 42 heavy (non-hydrogen) atoms. The Morgan fingerprint density at radius 2 is 1.86 bits per heavy atom. The Kier molecular flexibility index (Phi) is 8.44. The molecule has 1 aliphatic heterocycles. The fourth-order valence-electron chi connectivity index (χ4n) is 5.81. The summed E-state index contributed by atoms with van der Waals surface area (Å²) in [7, 11) is 1.32. The van der Waals surface area contributed by atoms with E-state index >= 15 is 4.39 Å². The van der Waals surface area contributed by atoms with Crippen molar-refractivity contribution in [2.75, 3.05) is 25.6 Å². The Morgan fingerprint density at radius 3 is 2.40 bits per heavy atom. The van der Waals surface area contributed by atoms with Crippen LogP contribution >= 0.6 is 0 Å². The van der Waals surface area contributed by atoms with Crippen molar-refractivity contribution in [3.8, 4) is 0 Å². The molecule has 2 saturated carbocycles. The maximum atomic E-state index is 15.4. The van der Waals surface area contributed by atoms with Gasteiger partial charge in [-0.25, -0.2) is 9.18 Å². The maximum Gasteiger partial charge on any atom is 0.410 e. The third-order valence-electron chi connectivity index (χ3n) is 8.20. The zero-order valence-electron chi connectivity index (χ0n) is 23.3. The van der Waals surface area contributed by atoms with Crippen LogP contribution in [0.5, 0.6) is 0 Å². The number of ether oxygens (including phenoxy) is 1. The standard InChI is InChI=1S/C28H34F4N6O4/c1-3-38-20(10-11-33-38)25(39)36-24(23(15-4-5-15)16-6-7-16)26(40)34-19-9-8-17(12-18(19)29)21(14-42-2)37-13-22(28(30,31)32)35-27(37)41/h8-12,15-16,21-24H,3-7,13-14H2,1-2H3,(H,34,40)(H,35,41)(H,36,39)/t21-,22+,24+/m1/s1. The van der Waals surface area contributed by atoms with Crippen molar-refractivity contribution in [2.45, 2.75) is 63.5 Å². The highest BCUT2D eigenvalue weighted by Gasteiger charge is 2.50. The van der Waals surface area contributed by atoms with Gasteiger partial charge >= 0.3 is 12.2 Å². The Hall–Kier alpha value is -3.68. The summed E-state index contributed by atoms with van der Waals surface area (Å²) in [6.45, 7) is 1.49. The van der Waals surface area contributed by atoms with Gasteiger partial charge in [0.1, 0.15) is 23.6 Å². The van der Waals surface area contributed by atoms with E-state index in [1.165, 1.54) is 30.1 Å². The minimum Gasteiger partial charge on any atom is -0.382 e. The molecule has 2 aliphatic carbocycles. The molecule has 14 heteroatoms. The van der Waals surface area contributed by atoms with E-state index < -0.39 is 54.5 Å². The molecule has 3 atom stereocenters. The first-order valence-electron chi connectivity index (χ1n) is 14.1. The number of hydrogen-bond acceptors (Lipinski definition) is 5. The van der Waals surface area contributed by atoms with E-state index in [2.05, 4.69) is 15.7 Å². The van der Waals surface area contributed by atoms with Crippen LogP contribution < -0.4 is 16.0 Å². The fraction of sp³-hybridized carbons (Fsp3) is 0.571. The topological polar surface area (TPSA) is 118 Å². The molecular weight excluding hydrogens is 560 g/mol. The van der Waals surface area contributed by atoms with E-state index in [0.717, 1.165) is 36.6 Å². The Morgan fingerprint density at radius 1 is 1.17 bits per heavy atom. The van der Waals surface area contributed by atoms with Crippen LogP contribution in [0.2, 0.25) is 0 Å². The largest absolute Gasteiger partial charge is 0.410 e. The lowest BCUT2D eigenvalue weighted by Gasteiger charge is -2.28. The van der Waals surface area contributed by atoms with E-state index in [4.69, 9.17) is 4.74 Å². The van der Waals surface area contributed by atoms with Crippen molar-refractivity contribution in [2.24, 2.45) is 17.8 Å². The first kappa shape index (κ1) is 29.8. The summed E-state index contributed by atoms with van der Waals surface area (Å²) in [5, 5.41) is 11.5. The van der Waals surface area contributed by atoms with Crippen molar-refractivity contribution in [3.05, 3.63) is 47.5 Å². The van der Waals surface area contributed by atoms with Crippen LogP contribution in [0.25, 0.3) is 0 Å². The number of carbonyl (C=O) groups is 3. The van der Waals surface area contributed by atoms with Crippen molar-refractivity contribution in [1.29, 1.82) is 0 Å². The van der Waals surface area contributed by atoms with Crippen LogP contribution in [-0.4, -0.2) is 71.0 Å². The highest BCUT2D eigenvalue weighted by atomic mass is 19.4. The maximum absolute atomic E-state index is 15.4. The number of aryl methyl sites for hydroxylation is 1. The van der Waals surface area contributed by atoms with Gasteiger partial charge in [0.05, 0.1) is 24.9 Å². The first-order chi connectivity index (χ1) is 20.0. The van der Waals surface area contributed by atoms with Gasteiger partial charge in [0, 0.05) is 19.9 Å². The molecule has 3 fully saturated rings. The summed E-state index contributed by atoms with van der Waals surface area (Å²) in [4.78, 5) is 40.1. The molecule has 5 rings (SSSR count). The number of aromatic nitrogens is 2. The lowest BCUT2D eigenvalue weighted by atomic mass is 9.88. The number of methoxy groups -OCH3 is 1. The van der Waals surface area contributed by atoms with Gasteiger partial charge in [-0.2, -0.15) is 18.3 Å². The number of nitrogens with zero attached hydrogens (tertiary/aromatic N) is 3. The summed E-state index contributed by atoms with van der Waals surface area (Å²) < 4.78 is 61.7. The SMILES string of the molecule is CCn1nccc1C(=O)N[C@H](C(=O)Nc1ccc([C@@H](COC)N2C[C@@H](C(F)(F)F)NC2=O)cc1F)C(C1CC1)C1CC1. The number of anilines is 1. The smallest absolute Gasteiger partial charge is 0.382 e. The molecule has 0 spiro atoms. The summed E-state index contributed by atoms with van der Waals surface area (Å²) in [5.74, 6) is -1.34. The molecule has 228 valence electrons. The highest BCUT2D eigenvalue weighted by molar-refractivity contribution is 6.00. The lowest BCUT2D eigenvalue weighted by Crippen LogP contribution is -2.50. The Bertz CT molecular complexity index is 1310. The first-order valence-corrected chi connectivity index (χ1v) is 14.1. The highest BCUT2D eigenvalue weighted by Crippen LogP contribution is 2.51. The molecule has 0 bridgehead atoms. The van der Waals surface area contributed by atoms with Crippen LogP contribution in [0.1, 0.15) is 54.7 Å². The monoisotopic (exact) mass is 594 g/mol. The van der Waals surface area contributed by atoms with Gasteiger partial charge in [-0.3, -0.25) is 14.3 Å².